The van der Waals surface area contributed by atoms with Crippen LogP contribution in [0.2, 0.25) is 0 Å². The summed E-state index contributed by atoms with van der Waals surface area (Å²) in [7, 11) is 1.65. The van der Waals surface area contributed by atoms with Gasteiger partial charge in [0.15, 0.2) is 0 Å². The van der Waals surface area contributed by atoms with Crippen molar-refractivity contribution in [2.24, 2.45) is 4.99 Å². The molecule has 0 aliphatic carbocycles. The van der Waals surface area contributed by atoms with Crippen LogP contribution in [0.25, 0.3) is 0 Å². The van der Waals surface area contributed by atoms with Gasteiger partial charge in [-0.3, -0.25) is 4.99 Å². The van der Waals surface area contributed by atoms with Crippen molar-refractivity contribution in [3.05, 3.63) is 52.7 Å². The normalized spacial score (nSPS) is 12.5. The van der Waals surface area contributed by atoms with E-state index < -0.39 is 0 Å². The predicted molar refractivity (Wildman–Crippen MR) is 79.4 cm³/mol. The molecule has 0 spiro atoms. The summed E-state index contributed by atoms with van der Waals surface area (Å²) in [6.07, 6.45) is 8.50. The molecule has 0 aliphatic rings. The van der Waals surface area contributed by atoms with Crippen molar-refractivity contribution in [3.63, 3.8) is 0 Å². The lowest BCUT2D eigenvalue weighted by Crippen LogP contribution is -1.88. The Morgan fingerprint density at radius 1 is 1.47 bits per heavy atom. The molecule has 100 valence electrons. The lowest BCUT2D eigenvalue weighted by molar-refractivity contribution is -0.107. The SMILES string of the molecule is C/C=C(\C=C/CC=O)Sc1ccc(F)cc1C=NC. The summed E-state index contributed by atoms with van der Waals surface area (Å²) in [4.78, 5) is 16.1. The summed E-state index contributed by atoms with van der Waals surface area (Å²) in [5.41, 5.74) is 0.746. The average molecular weight is 277 g/mol. The molecule has 0 radical (unpaired) electrons. The number of hydrogen-bond acceptors (Lipinski definition) is 3. The lowest BCUT2D eigenvalue weighted by Gasteiger charge is -2.06. The van der Waals surface area contributed by atoms with E-state index in [1.54, 1.807) is 25.4 Å². The van der Waals surface area contributed by atoms with Gasteiger partial charge in [0, 0.05) is 35.0 Å². The molecule has 0 aromatic heterocycles. The minimum Gasteiger partial charge on any atom is -0.303 e. The van der Waals surface area contributed by atoms with Crippen LogP contribution in [-0.4, -0.2) is 19.5 Å². The van der Waals surface area contributed by atoms with Crippen molar-refractivity contribution >= 4 is 24.3 Å². The van der Waals surface area contributed by atoms with Crippen molar-refractivity contribution < 1.29 is 9.18 Å². The molecule has 0 N–H and O–H groups in total. The van der Waals surface area contributed by atoms with Gasteiger partial charge in [-0.2, -0.15) is 0 Å². The quantitative estimate of drug-likeness (QED) is 0.340. The number of thioether (sulfide) groups is 1. The van der Waals surface area contributed by atoms with Crippen molar-refractivity contribution in [1.29, 1.82) is 0 Å². The maximum Gasteiger partial charge on any atom is 0.123 e. The van der Waals surface area contributed by atoms with Crippen LogP contribution >= 0.6 is 11.8 Å². The lowest BCUT2D eigenvalue weighted by atomic mass is 10.2. The second kappa shape index (κ2) is 8.43. The summed E-state index contributed by atoms with van der Waals surface area (Å²) >= 11 is 1.51. The topological polar surface area (TPSA) is 29.4 Å². The maximum absolute atomic E-state index is 13.2. The number of allylic oxidation sites excluding steroid dienone is 3. The predicted octanol–water partition coefficient (Wildman–Crippen LogP) is 4.02. The zero-order chi connectivity index (χ0) is 14.1. The standard InChI is InChI=1S/C15H16FNOS/c1-3-14(6-4-5-9-18)19-15-8-7-13(16)10-12(15)11-17-2/h3-4,6-11H,5H2,1-2H3/b6-4-,14-3+,17-11?. The molecule has 0 unspecified atom stereocenters. The van der Waals surface area contributed by atoms with Crippen molar-refractivity contribution in [2.45, 2.75) is 18.2 Å². The minimum absolute atomic E-state index is 0.280. The molecular weight excluding hydrogens is 261 g/mol. The Morgan fingerprint density at radius 2 is 2.26 bits per heavy atom. The van der Waals surface area contributed by atoms with Crippen LogP contribution in [-0.2, 0) is 4.79 Å². The first kappa shape index (κ1) is 15.4. The molecule has 0 saturated heterocycles. The molecule has 0 fully saturated rings. The Labute approximate surface area is 117 Å². The minimum atomic E-state index is -0.280. The Morgan fingerprint density at radius 3 is 2.89 bits per heavy atom. The monoisotopic (exact) mass is 277 g/mol. The second-order valence-corrected chi connectivity index (χ2v) is 4.78. The van der Waals surface area contributed by atoms with E-state index in [9.17, 15) is 9.18 Å². The average Bonchev–Trinajstić information content (AvgIpc) is 2.40. The van der Waals surface area contributed by atoms with Gasteiger partial charge in [-0.05, 0) is 25.1 Å². The van der Waals surface area contributed by atoms with Crippen molar-refractivity contribution in [1.82, 2.24) is 0 Å². The van der Waals surface area contributed by atoms with E-state index in [2.05, 4.69) is 4.99 Å². The largest absolute Gasteiger partial charge is 0.303 e. The summed E-state index contributed by atoms with van der Waals surface area (Å²) < 4.78 is 13.2. The van der Waals surface area contributed by atoms with E-state index in [0.717, 1.165) is 21.7 Å². The molecule has 0 aliphatic heterocycles. The van der Waals surface area contributed by atoms with Gasteiger partial charge >= 0.3 is 0 Å². The van der Waals surface area contributed by atoms with Crippen LogP contribution in [0.4, 0.5) is 4.39 Å². The molecule has 19 heavy (non-hydrogen) atoms. The Hall–Kier alpha value is -1.68. The number of aldehydes is 1. The molecular formula is C15H16FNOS. The first-order valence-corrected chi connectivity index (χ1v) is 6.69. The van der Waals surface area contributed by atoms with Gasteiger partial charge in [-0.25, -0.2) is 4.39 Å². The number of hydrogen-bond donors (Lipinski definition) is 0. The van der Waals surface area contributed by atoms with E-state index in [0.29, 0.717) is 6.42 Å². The summed E-state index contributed by atoms with van der Waals surface area (Å²) in [5.74, 6) is -0.280. The van der Waals surface area contributed by atoms with Crippen LogP contribution in [0.15, 0.2) is 51.2 Å². The first-order chi connectivity index (χ1) is 9.21. The van der Waals surface area contributed by atoms with Crippen LogP contribution < -0.4 is 0 Å². The summed E-state index contributed by atoms with van der Waals surface area (Å²) in [5, 5.41) is 0. The fourth-order valence-corrected chi connectivity index (χ4v) is 2.31. The van der Waals surface area contributed by atoms with Crippen LogP contribution in [0.1, 0.15) is 18.9 Å². The summed E-state index contributed by atoms with van der Waals surface area (Å²) in [6.45, 7) is 1.92. The zero-order valence-corrected chi connectivity index (χ0v) is 11.8. The Balaban J connectivity index is 2.94. The maximum atomic E-state index is 13.2. The zero-order valence-electron chi connectivity index (χ0n) is 11.0. The summed E-state index contributed by atoms with van der Waals surface area (Å²) in [6, 6.07) is 4.61. The van der Waals surface area contributed by atoms with Crippen LogP contribution in [0.5, 0.6) is 0 Å². The Kier molecular flexibility index (Phi) is 6.82. The molecule has 0 heterocycles. The van der Waals surface area contributed by atoms with Gasteiger partial charge in [-0.15, -0.1) is 0 Å². The molecule has 1 rings (SSSR count). The molecule has 0 bridgehead atoms. The molecule has 1 aromatic rings. The second-order valence-electron chi connectivity index (χ2n) is 3.67. The fraction of sp³-hybridized carbons (Fsp3) is 0.200. The van der Waals surface area contributed by atoms with Gasteiger partial charge in [-0.1, -0.05) is 30.0 Å². The third-order valence-electron chi connectivity index (χ3n) is 2.27. The molecule has 0 atom stereocenters. The number of nitrogens with zero attached hydrogens (tertiary/aromatic N) is 1. The highest BCUT2D eigenvalue weighted by Crippen LogP contribution is 2.30. The third kappa shape index (κ3) is 5.22. The van der Waals surface area contributed by atoms with Gasteiger partial charge in [0.2, 0.25) is 0 Å². The molecule has 0 amide bonds. The van der Waals surface area contributed by atoms with Crippen LogP contribution in [0, 0.1) is 5.82 Å². The number of carbonyl (C=O) groups is 1. The van der Waals surface area contributed by atoms with Crippen molar-refractivity contribution in [2.75, 3.05) is 7.05 Å². The molecule has 4 heteroatoms. The number of rotatable bonds is 6. The van der Waals surface area contributed by atoms with Gasteiger partial charge in [0.25, 0.3) is 0 Å². The fourth-order valence-electron chi connectivity index (χ4n) is 1.41. The smallest absolute Gasteiger partial charge is 0.123 e. The number of carbonyl (C=O) groups excluding carboxylic acids is 1. The van der Waals surface area contributed by atoms with E-state index >= 15 is 0 Å². The number of benzene rings is 1. The van der Waals surface area contributed by atoms with Crippen molar-refractivity contribution in [3.8, 4) is 0 Å². The Bertz CT molecular complexity index is 521. The molecule has 1 aromatic carbocycles. The van der Waals surface area contributed by atoms with Gasteiger partial charge in [0.05, 0.1) is 0 Å². The number of halogens is 1. The third-order valence-corrected chi connectivity index (χ3v) is 3.47. The van der Waals surface area contributed by atoms with E-state index in [1.165, 1.54) is 23.9 Å². The highest BCUT2D eigenvalue weighted by atomic mass is 32.2. The van der Waals surface area contributed by atoms with E-state index in [-0.39, 0.29) is 5.82 Å². The van der Waals surface area contributed by atoms with Gasteiger partial charge < -0.3 is 4.79 Å². The first-order valence-electron chi connectivity index (χ1n) is 5.87. The highest BCUT2D eigenvalue weighted by molar-refractivity contribution is 8.03. The van der Waals surface area contributed by atoms with E-state index in [4.69, 9.17) is 0 Å². The van der Waals surface area contributed by atoms with Gasteiger partial charge in [0.1, 0.15) is 12.1 Å². The molecule has 0 saturated carbocycles. The molecule has 2 nitrogen and oxygen atoms in total. The van der Waals surface area contributed by atoms with E-state index in [1.807, 2.05) is 19.1 Å². The van der Waals surface area contributed by atoms with Crippen LogP contribution in [0.3, 0.4) is 0 Å². The number of aliphatic imine (C=N–C) groups is 1. The highest BCUT2D eigenvalue weighted by Gasteiger charge is 2.04.